The van der Waals surface area contributed by atoms with Gasteiger partial charge in [0.1, 0.15) is 23.9 Å². The zero-order valence-electron chi connectivity index (χ0n) is 28.0. The maximum atomic E-state index is 13.9. The lowest BCUT2D eigenvalue weighted by molar-refractivity contribution is -0.195. The Hall–Kier alpha value is -1.91. The van der Waals surface area contributed by atoms with Crippen LogP contribution in [0.5, 0.6) is 0 Å². The van der Waals surface area contributed by atoms with Crippen molar-refractivity contribution in [3.8, 4) is 0 Å². The summed E-state index contributed by atoms with van der Waals surface area (Å²) >= 11 is 6.47. The SMILES string of the molecule is CCOP(C)(=O)C(C)(CO)S(=O)(=O)C[C@H]1O[C@@H](n2ncc3c(N(C(=O)OC(C)(C)C)C4CCCC4)nc(Cl)nc32)[C@@H]2OC(C)(C)O[C@@H]21. The summed E-state index contributed by atoms with van der Waals surface area (Å²) in [5.74, 6) is -1.53. The molecule has 264 valence electrons. The number of hydrogen-bond acceptors (Lipinski definition) is 13. The number of amides is 1. The Morgan fingerprint density at radius 1 is 1.19 bits per heavy atom. The van der Waals surface area contributed by atoms with Crippen LogP contribution in [0, 0.1) is 0 Å². The minimum Gasteiger partial charge on any atom is -0.443 e. The third kappa shape index (κ3) is 6.81. The molecule has 0 radical (unpaired) electrons. The molecule has 5 rings (SSSR count). The first kappa shape index (κ1) is 36.4. The zero-order chi connectivity index (χ0) is 34.7. The second-order valence-electron chi connectivity index (χ2n) is 13.9. The predicted molar refractivity (Wildman–Crippen MR) is 173 cm³/mol. The van der Waals surface area contributed by atoms with Crippen LogP contribution in [0.2, 0.25) is 5.28 Å². The molecule has 1 N–H and O–H groups in total. The number of aliphatic hydroxyl groups is 1. The molecule has 18 heteroatoms. The van der Waals surface area contributed by atoms with Crippen molar-refractivity contribution >= 4 is 51.8 Å². The fourth-order valence-electron chi connectivity index (χ4n) is 6.39. The first-order chi connectivity index (χ1) is 21.7. The van der Waals surface area contributed by atoms with Gasteiger partial charge in [-0.05, 0) is 72.9 Å². The van der Waals surface area contributed by atoms with E-state index in [4.69, 9.17) is 35.1 Å². The quantitative estimate of drug-likeness (QED) is 0.265. The third-order valence-electron chi connectivity index (χ3n) is 8.86. The largest absolute Gasteiger partial charge is 0.443 e. The van der Waals surface area contributed by atoms with Crippen LogP contribution in [0.3, 0.4) is 0 Å². The molecule has 1 amide bonds. The van der Waals surface area contributed by atoms with E-state index in [2.05, 4.69) is 15.1 Å². The van der Waals surface area contributed by atoms with Crippen LogP contribution in [0.25, 0.3) is 11.0 Å². The van der Waals surface area contributed by atoms with E-state index in [-0.39, 0.29) is 29.4 Å². The number of carbonyl (C=O) groups excluding carboxylic acids is 1. The molecule has 0 spiro atoms. The van der Waals surface area contributed by atoms with Crippen molar-refractivity contribution in [2.24, 2.45) is 0 Å². The third-order valence-corrected chi connectivity index (χ3v) is 15.7. The van der Waals surface area contributed by atoms with Crippen LogP contribution in [-0.2, 0) is 37.9 Å². The van der Waals surface area contributed by atoms with E-state index in [1.54, 1.807) is 41.5 Å². The molecule has 2 aliphatic heterocycles. The van der Waals surface area contributed by atoms with Crippen molar-refractivity contribution < 1.29 is 46.4 Å². The summed E-state index contributed by atoms with van der Waals surface area (Å²) in [5.41, 5.74) is -0.537. The molecule has 47 heavy (non-hydrogen) atoms. The number of sulfone groups is 1. The van der Waals surface area contributed by atoms with Crippen LogP contribution in [0.15, 0.2) is 6.20 Å². The molecular formula is C29H45ClN5O10PS. The highest BCUT2D eigenvalue weighted by molar-refractivity contribution is 8.00. The molecular weight excluding hydrogens is 677 g/mol. The smallest absolute Gasteiger partial charge is 0.416 e. The van der Waals surface area contributed by atoms with Gasteiger partial charge in [-0.15, -0.1) is 0 Å². The number of nitrogens with zero attached hydrogens (tertiary/aromatic N) is 5. The number of aromatic nitrogens is 4. The Morgan fingerprint density at radius 3 is 2.43 bits per heavy atom. The first-order valence-corrected chi connectivity index (χ1v) is 19.8. The zero-order valence-corrected chi connectivity index (χ0v) is 30.5. The van der Waals surface area contributed by atoms with Crippen LogP contribution in [0.1, 0.15) is 80.4 Å². The molecule has 1 saturated carbocycles. The lowest BCUT2D eigenvalue weighted by Crippen LogP contribution is -2.46. The summed E-state index contributed by atoms with van der Waals surface area (Å²) in [4.78, 5) is 24.0. The molecule has 0 aromatic carbocycles. The molecule has 15 nitrogen and oxygen atoms in total. The van der Waals surface area contributed by atoms with Crippen molar-refractivity contribution in [3.05, 3.63) is 11.5 Å². The summed E-state index contributed by atoms with van der Waals surface area (Å²) < 4.78 is 70.3. The molecule has 6 atom stereocenters. The van der Waals surface area contributed by atoms with E-state index in [0.717, 1.165) is 25.7 Å². The van der Waals surface area contributed by atoms with Gasteiger partial charge in [0.25, 0.3) is 0 Å². The van der Waals surface area contributed by atoms with Crippen LogP contribution in [-0.4, -0.2) is 105 Å². The Kier molecular flexibility index (Phi) is 9.88. The van der Waals surface area contributed by atoms with E-state index < -0.39 is 76.1 Å². The van der Waals surface area contributed by atoms with Crippen LogP contribution >= 0.6 is 19.0 Å². The number of ether oxygens (including phenoxy) is 4. The van der Waals surface area contributed by atoms with Gasteiger partial charge in [-0.3, -0.25) is 9.46 Å². The minimum atomic E-state index is -4.34. The van der Waals surface area contributed by atoms with Gasteiger partial charge >= 0.3 is 6.09 Å². The van der Waals surface area contributed by atoms with Crippen molar-refractivity contribution in [3.63, 3.8) is 0 Å². The average Bonchev–Trinajstić information content (AvgIpc) is 3.72. The van der Waals surface area contributed by atoms with Crippen molar-refractivity contribution in [1.29, 1.82) is 0 Å². The van der Waals surface area contributed by atoms with Crippen molar-refractivity contribution in [2.75, 3.05) is 30.5 Å². The van der Waals surface area contributed by atoms with Crippen molar-refractivity contribution in [1.82, 2.24) is 19.7 Å². The second-order valence-corrected chi connectivity index (χ2v) is 20.0. The molecule has 3 fully saturated rings. The molecule has 2 unspecified atom stereocenters. The number of hydrogen-bond donors (Lipinski definition) is 1. The molecule has 1 aliphatic carbocycles. The van der Waals surface area contributed by atoms with E-state index in [1.165, 1.54) is 29.4 Å². The Bertz CT molecular complexity index is 1660. The average molecular weight is 722 g/mol. The minimum absolute atomic E-state index is 0.00160. The van der Waals surface area contributed by atoms with E-state index in [9.17, 15) is 22.9 Å². The van der Waals surface area contributed by atoms with Gasteiger partial charge in [0, 0.05) is 12.7 Å². The number of anilines is 1. The topological polar surface area (TPSA) is 181 Å². The number of rotatable bonds is 10. The fourth-order valence-corrected chi connectivity index (χ4v) is 11.2. The van der Waals surface area contributed by atoms with Gasteiger partial charge in [-0.1, -0.05) is 12.8 Å². The van der Waals surface area contributed by atoms with E-state index >= 15 is 0 Å². The van der Waals surface area contributed by atoms with Gasteiger partial charge in [0.05, 0.1) is 30.5 Å². The monoisotopic (exact) mass is 721 g/mol. The highest BCUT2D eigenvalue weighted by atomic mass is 35.5. The summed E-state index contributed by atoms with van der Waals surface area (Å²) in [6, 6.07) is -0.177. The maximum absolute atomic E-state index is 13.9. The highest BCUT2D eigenvalue weighted by Crippen LogP contribution is 2.59. The molecule has 3 aliphatic rings. The van der Waals surface area contributed by atoms with Crippen LogP contribution < -0.4 is 4.90 Å². The number of carbonyl (C=O) groups is 1. The van der Waals surface area contributed by atoms with Gasteiger partial charge < -0.3 is 28.6 Å². The van der Waals surface area contributed by atoms with E-state index in [0.29, 0.717) is 5.39 Å². The molecule has 2 saturated heterocycles. The lowest BCUT2D eigenvalue weighted by atomic mass is 10.1. The van der Waals surface area contributed by atoms with Crippen molar-refractivity contribution in [2.45, 2.75) is 121 Å². The normalized spacial score (nSPS) is 27.4. The first-order valence-electron chi connectivity index (χ1n) is 15.7. The molecule has 4 heterocycles. The van der Waals surface area contributed by atoms with Crippen LogP contribution in [0.4, 0.5) is 10.6 Å². The summed E-state index contributed by atoms with van der Waals surface area (Å²) in [6.07, 6.45) is 0.423. The van der Waals surface area contributed by atoms with Gasteiger partial charge in [-0.2, -0.15) is 15.1 Å². The summed E-state index contributed by atoms with van der Waals surface area (Å²) in [6.45, 7) is 11.8. The molecule has 2 aromatic rings. The maximum Gasteiger partial charge on any atom is 0.416 e. The second kappa shape index (κ2) is 12.8. The van der Waals surface area contributed by atoms with E-state index in [1.807, 2.05) is 0 Å². The highest BCUT2D eigenvalue weighted by Gasteiger charge is 2.60. The van der Waals surface area contributed by atoms with Gasteiger partial charge in [0.2, 0.25) is 12.7 Å². The Labute approximate surface area is 279 Å². The summed E-state index contributed by atoms with van der Waals surface area (Å²) in [7, 11) is -8.19. The van der Waals surface area contributed by atoms with Gasteiger partial charge in [0.15, 0.2) is 37.8 Å². The fraction of sp³-hybridized carbons (Fsp3) is 0.793. The predicted octanol–water partition coefficient (Wildman–Crippen LogP) is 4.65. The standard InChI is InChI=1S/C29H45ClN5O10PS/c1-9-41-46(8,38)29(7,16-36)47(39,40)15-19-20-21(44-28(5,6)43-20)24(42-19)35-23-18(14-31-35)22(32-25(30)33-23)34(17-12-10-11-13-17)26(37)45-27(2,3)4/h14,17,19-21,24,36H,9-13,15-16H2,1-8H3/t19-,20-,21-,24-,29?,46?/m1/s1. The lowest BCUT2D eigenvalue weighted by Gasteiger charge is -2.34. The number of fused-ring (bicyclic) bond motifs is 2. The molecule has 2 aromatic heterocycles. The van der Waals surface area contributed by atoms with Gasteiger partial charge in [-0.25, -0.2) is 17.9 Å². The Morgan fingerprint density at radius 2 is 1.83 bits per heavy atom. The number of halogens is 1. The summed E-state index contributed by atoms with van der Waals surface area (Å²) in [5, 5.41) is 15.0. The number of aliphatic hydroxyl groups excluding tert-OH is 1. The molecule has 0 bridgehead atoms. The Balaban J connectivity index is 1.55.